The maximum Gasteiger partial charge on any atom is 0.311 e. The fourth-order valence-electron chi connectivity index (χ4n) is 9.26. The van der Waals surface area contributed by atoms with E-state index in [4.69, 9.17) is 4.74 Å². The SMILES string of the molecule is CCCCC1C/C=C/C=C/C=C/C=C/C(CC2CCC(C)CC2)CC2CC(C)(CC(C)CC(O)CC(O)CC(O)C(C)C(=O)O1)CC(O)C2C. The van der Waals surface area contributed by atoms with Crippen molar-refractivity contribution in [2.45, 2.75) is 175 Å². The highest BCUT2D eigenvalue weighted by Crippen LogP contribution is 2.49. The van der Waals surface area contributed by atoms with Gasteiger partial charge in [-0.15, -0.1) is 0 Å². The lowest BCUT2D eigenvalue weighted by atomic mass is 9.60. The molecular formula is C44H74O6. The van der Waals surface area contributed by atoms with Crippen LogP contribution in [0.1, 0.15) is 144 Å². The largest absolute Gasteiger partial charge is 0.462 e. The molecule has 3 rings (SSSR count). The molecule has 11 atom stereocenters. The molecule has 0 amide bonds. The smallest absolute Gasteiger partial charge is 0.311 e. The van der Waals surface area contributed by atoms with Crippen LogP contribution in [-0.4, -0.2) is 56.9 Å². The van der Waals surface area contributed by atoms with E-state index in [9.17, 15) is 25.2 Å². The van der Waals surface area contributed by atoms with Gasteiger partial charge in [0, 0.05) is 12.8 Å². The lowest BCUT2D eigenvalue weighted by Crippen LogP contribution is -2.42. The third-order valence-corrected chi connectivity index (χ3v) is 12.3. The first-order chi connectivity index (χ1) is 23.8. The van der Waals surface area contributed by atoms with Gasteiger partial charge in [-0.3, -0.25) is 4.79 Å². The molecule has 3 aliphatic rings. The summed E-state index contributed by atoms with van der Waals surface area (Å²) in [6.45, 7) is 12.9. The van der Waals surface area contributed by atoms with Gasteiger partial charge in [0.05, 0.1) is 30.3 Å². The summed E-state index contributed by atoms with van der Waals surface area (Å²) in [7, 11) is 0. The predicted molar refractivity (Wildman–Crippen MR) is 205 cm³/mol. The van der Waals surface area contributed by atoms with Crippen molar-refractivity contribution in [1.82, 2.24) is 0 Å². The number of aliphatic hydroxyl groups excluding tert-OH is 4. The van der Waals surface area contributed by atoms with Crippen molar-refractivity contribution in [3.63, 3.8) is 0 Å². The lowest BCUT2D eigenvalue weighted by Gasteiger charge is -2.47. The second-order valence-corrected chi connectivity index (χ2v) is 17.5. The van der Waals surface area contributed by atoms with E-state index in [1.54, 1.807) is 6.92 Å². The van der Waals surface area contributed by atoms with Crippen LogP contribution in [0.25, 0.3) is 0 Å². The van der Waals surface area contributed by atoms with Crippen molar-refractivity contribution in [1.29, 1.82) is 0 Å². The Kier molecular flexibility index (Phi) is 18.5. The summed E-state index contributed by atoms with van der Waals surface area (Å²) < 4.78 is 5.85. The minimum absolute atomic E-state index is 0.0124. The molecule has 1 heterocycles. The van der Waals surface area contributed by atoms with Gasteiger partial charge >= 0.3 is 5.97 Å². The number of fused-ring (bicyclic) bond motifs is 2. The molecule has 0 aromatic heterocycles. The van der Waals surface area contributed by atoms with Crippen LogP contribution < -0.4 is 0 Å². The Labute approximate surface area is 305 Å². The number of rotatable bonds is 5. The number of carbonyl (C=O) groups is 1. The summed E-state index contributed by atoms with van der Waals surface area (Å²) in [6, 6.07) is 0. The molecule has 4 N–H and O–H groups in total. The molecule has 0 radical (unpaired) electrons. The molecule has 6 nitrogen and oxygen atoms in total. The number of hydrogen-bond donors (Lipinski definition) is 4. The highest BCUT2D eigenvalue weighted by Gasteiger charge is 2.42. The van der Waals surface area contributed by atoms with Gasteiger partial charge in [-0.25, -0.2) is 0 Å². The normalized spacial score (nSPS) is 43.3. The first-order valence-electron chi connectivity index (χ1n) is 20.4. The summed E-state index contributed by atoms with van der Waals surface area (Å²) in [5.74, 6) is 1.77. The Hall–Kier alpha value is -1.73. The Morgan fingerprint density at radius 1 is 0.760 bits per heavy atom. The van der Waals surface area contributed by atoms with E-state index in [1.807, 2.05) is 24.3 Å². The molecule has 286 valence electrons. The molecule has 50 heavy (non-hydrogen) atoms. The topological polar surface area (TPSA) is 107 Å². The van der Waals surface area contributed by atoms with E-state index in [0.29, 0.717) is 24.7 Å². The third-order valence-electron chi connectivity index (χ3n) is 12.3. The standard InChI is InChI=1S/C44H74O6/c1-7-8-17-40-18-15-13-11-9-10-12-14-16-36(24-35-21-19-31(2)20-22-35)25-37-29-44(6,30-42(48)33(37)4)28-32(3)23-38(45)26-39(46)27-41(47)34(5)43(49)50-40/h9-16,31-42,45-48H,7-8,17-30H2,1-6H3/b11-9+,12-10+,15-13+,16-14+. The van der Waals surface area contributed by atoms with Crippen LogP contribution in [0, 0.1) is 46.8 Å². The van der Waals surface area contributed by atoms with Crippen molar-refractivity contribution < 1.29 is 30.0 Å². The predicted octanol–water partition coefficient (Wildman–Crippen LogP) is 9.27. The summed E-state index contributed by atoms with van der Waals surface area (Å²) >= 11 is 0. The summed E-state index contributed by atoms with van der Waals surface area (Å²) in [5, 5.41) is 44.0. The van der Waals surface area contributed by atoms with Crippen LogP contribution >= 0.6 is 0 Å². The van der Waals surface area contributed by atoms with Crippen molar-refractivity contribution in [2.75, 3.05) is 0 Å². The number of ether oxygens (including phenoxy) is 1. The van der Waals surface area contributed by atoms with Crippen LogP contribution in [0.4, 0.5) is 0 Å². The zero-order chi connectivity index (χ0) is 36.7. The Morgan fingerprint density at radius 2 is 1.42 bits per heavy atom. The van der Waals surface area contributed by atoms with E-state index in [-0.39, 0.29) is 42.3 Å². The fourth-order valence-corrected chi connectivity index (χ4v) is 9.26. The number of cyclic esters (lactones) is 1. The molecule has 1 aliphatic heterocycles. The number of hydrogen-bond acceptors (Lipinski definition) is 6. The molecule has 2 bridgehead atoms. The second-order valence-electron chi connectivity index (χ2n) is 17.5. The van der Waals surface area contributed by atoms with Gasteiger partial charge in [-0.2, -0.15) is 0 Å². The van der Waals surface area contributed by atoms with Gasteiger partial charge in [-0.1, -0.05) is 122 Å². The Morgan fingerprint density at radius 3 is 2.12 bits per heavy atom. The average molecular weight is 699 g/mol. The molecule has 2 fully saturated rings. The van der Waals surface area contributed by atoms with E-state index in [0.717, 1.165) is 56.8 Å². The molecule has 0 aromatic carbocycles. The molecule has 0 spiro atoms. The van der Waals surface area contributed by atoms with Crippen LogP contribution in [-0.2, 0) is 9.53 Å². The maximum absolute atomic E-state index is 13.0. The Bertz CT molecular complexity index is 1090. The van der Waals surface area contributed by atoms with Crippen molar-refractivity contribution in [2.24, 2.45) is 46.8 Å². The first kappa shape index (κ1) is 42.7. The Balaban J connectivity index is 1.81. The van der Waals surface area contributed by atoms with Crippen LogP contribution in [0.5, 0.6) is 0 Å². The molecule has 0 aromatic rings. The summed E-state index contributed by atoms with van der Waals surface area (Å²) in [5.41, 5.74) is -0.0208. The number of unbranched alkanes of at least 4 members (excludes halogenated alkanes) is 1. The van der Waals surface area contributed by atoms with Gasteiger partial charge in [-0.05, 0) is 99.2 Å². The van der Waals surface area contributed by atoms with E-state index in [2.05, 4.69) is 58.9 Å². The van der Waals surface area contributed by atoms with Crippen molar-refractivity contribution in [3.8, 4) is 0 Å². The van der Waals surface area contributed by atoms with Gasteiger partial charge in [0.15, 0.2) is 0 Å². The van der Waals surface area contributed by atoms with Gasteiger partial charge in [0.25, 0.3) is 0 Å². The molecule has 2 saturated carbocycles. The number of carbonyl (C=O) groups excluding carboxylic acids is 1. The van der Waals surface area contributed by atoms with Crippen molar-refractivity contribution in [3.05, 3.63) is 48.6 Å². The van der Waals surface area contributed by atoms with Gasteiger partial charge in [0.1, 0.15) is 6.10 Å². The number of esters is 1. The van der Waals surface area contributed by atoms with Gasteiger partial charge < -0.3 is 25.2 Å². The third kappa shape index (κ3) is 15.1. The highest BCUT2D eigenvalue weighted by atomic mass is 16.5. The molecule has 11 unspecified atom stereocenters. The highest BCUT2D eigenvalue weighted by molar-refractivity contribution is 5.72. The zero-order valence-corrected chi connectivity index (χ0v) is 32.5. The second kappa shape index (κ2) is 21.7. The summed E-state index contributed by atoms with van der Waals surface area (Å²) in [4.78, 5) is 13.0. The number of allylic oxidation sites excluding steroid dienone is 7. The molecule has 0 saturated heterocycles. The van der Waals surface area contributed by atoms with E-state index in [1.165, 1.54) is 32.1 Å². The summed E-state index contributed by atoms with van der Waals surface area (Å²) in [6.07, 6.45) is 28.0. The zero-order valence-electron chi connectivity index (χ0n) is 32.5. The minimum atomic E-state index is -1.06. The fraction of sp³-hybridized carbons (Fsp3) is 0.795. The average Bonchev–Trinajstić information content (AvgIpc) is 3.04. The quantitative estimate of drug-likeness (QED) is 0.213. The molecule has 2 aliphatic carbocycles. The number of aliphatic hydroxyl groups is 4. The minimum Gasteiger partial charge on any atom is -0.462 e. The maximum atomic E-state index is 13.0. The molecular weight excluding hydrogens is 624 g/mol. The first-order valence-corrected chi connectivity index (χ1v) is 20.4. The van der Waals surface area contributed by atoms with E-state index < -0.39 is 30.2 Å². The van der Waals surface area contributed by atoms with Crippen LogP contribution in [0.15, 0.2) is 48.6 Å². The van der Waals surface area contributed by atoms with E-state index >= 15 is 0 Å². The van der Waals surface area contributed by atoms with Crippen LogP contribution in [0.2, 0.25) is 0 Å². The monoisotopic (exact) mass is 699 g/mol. The van der Waals surface area contributed by atoms with Crippen molar-refractivity contribution >= 4 is 5.97 Å². The lowest BCUT2D eigenvalue weighted by molar-refractivity contribution is -0.158. The van der Waals surface area contributed by atoms with Crippen LogP contribution in [0.3, 0.4) is 0 Å². The molecule has 6 heteroatoms. The van der Waals surface area contributed by atoms with Gasteiger partial charge in [0.2, 0.25) is 0 Å².